The largest absolute Gasteiger partial charge is 0.463 e. The van der Waals surface area contributed by atoms with Gasteiger partial charge in [0.05, 0.1) is 23.1 Å². The standard InChI is InChI=1S/C25H30N4O4S/c1-4-33-24(31)21-19(27(3)25(32)26-22(21)18-9-6-5-7-10-18)16-28-12-13-29(17(2)15-28)23(30)20-11-8-14-34-20/h5-11,14,17,22H,4,12-13,15-16H2,1-3H3,(H,26,32)/t17-,22+/m0/s1. The van der Waals surface area contributed by atoms with Crippen molar-refractivity contribution in [2.75, 3.05) is 39.8 Å². The molecule has 180 valence electrons. The molecule has 9 heteroatoms. The van der Waals surface area contributed by atoms with Crippen molar-refractivity contribution >= 4 is 29.2 Å². The molecule has 2 atom stereocenters. The fourth-order valence-corrected chi connectivity index (χ4v) is 5.20. The lowest BCUT2D eigenvalue weighted by Crippen LogP contribution is -2.56. The molecule has 3 heterocycles. The molecule has 1 aromatic carbocycles. The first-order chi connectivity index (χ1) is 16.4. The summed E-state index contributed by atoms with van der Waals surface area (Å²) in [6, 6.07) is 12.3. The van der Waals surface area contributed by atoms with Crippen LogP contribution in [0.4, 0.5) is 4.79 Å². The molecule has 1 saturated heterocycles. The lowest BCUT2D eigenvalue weighted by Gasteiger charge is -2.42. The van der Waals surface area contributed by atoms with Gasteiger partial charge in [-0.1, -0.05) is 36.4 Å². The van der Waals surface area contributed by atoms with Crippen molar-refractivity contribution in [2.24, 2.45) is 0 Å². The van der Waals surface area contributed by atoms with E-state index in [4.69, 9.17) is 4.74 Å². The van der Waals surface area contributed by atoms with Gasteiger partial charge in [0.2, 0.25) is 0 Å². The van der Waals surface area contributed by atoms with Gasteiger partial charge in [-0.15, -0.1) is 11.3 Å². The average molecular weight is 483 g/mol. The molecule has 0 aliphatic carbocycles. The molecule has 1 fully saturated rings. The predicted octanol–water partition coefficient (Wildman–Crippen LogP) is 3.11. The Hall–Kier alpha value is -3.17. The van der Waals surface area contributed by atoms with Gasteiger partial charge in [0.1, 0.15) is 0 Å². The highest BCUT2D eigenvalue weighted by atomic mass is 32.1. The van der Waals surface area contributed by atoms with Crippen LogP contribution in [-0.4, -0.2) is 78.5 Å². The maximum atomic E-state index is 13.1. The predicted molar refractivity (Wildman–Crippen MR) is 130 cm³/mol. The summed E-state index contributed by atoms with van der Waals surface area (Å²) in [4.78, 5) is 45.1. The Morgan fingerprint density at radius 2 is 1.91 bits per heavy atom. The number of carbonyl (C=O) groups excluding carboxylic acids is 3. The normalized spacial score (nSPS) is 21.4. The zero-order chi connectivity index (χ0) is 24.2. The van der Waals surface area contributed by atoms with Crippen molar-refractivity contribution in [1.82, 2.24) is 20.0 Å². The second-order valence-electron chi connectivity index (χ2n) is 8.49. The van der Waals surface area contributed by atoms with Crippen LogP contribution in [0, 0.1) is 0 Å². The van der Waals surface area contributed by atoms with Gasteiger partial charge in [0.25, 0.3) is 5.91 Å². The lowest BCUT2D eigenvalue weighted by atomic mass is 9.94. The third kappa shape index (κ3) is 4.85. The molecular formula is C25H30N4O4S. The van der Waals surface area contributed by atoms with Crippen molar-refractivity contribution in [2.45, 2.75) is 25.9 Å². The Labute approximate surface area is 203 Å². The van der Waals surface area contributed by atoms with E-state index in [0.717, 1.165) is 10.4 Å². The molecule has 0 radical (unpaired) electrons. The molecule has 2 aromatic rings. The Balaban J connectivity index is 1.60. The van der Waals surface area contributed by atoms with E-state index in [9.17, 15) is 14.4 Å². The number of rotatable bonds is 6. The second-order valence-corrected chi connectivity index (χ2v) is 9.44. The summed E-state index contributed by atoms with van der Waals surface area (Å²) in [6.07, 6.45) is 0. The van der Waals surface area contributed by atoms with E-state index < -0.39 is 12.0 Å². The number of piperazine rings is 1. The maximum Gasteiger partial charge on any atom is 0.338 e. The van der Waals surface area contributed by atoms with Crippen LogP contribution in [-0.2, 0) is 9.53 Å². The van der Waals surface area contributed by atoms with Crippen LogP contribution in [0.15, 0.2) is 59.1 Å². The molecule has 4 rings (SSSR count). The number of hydrogen-bond acceptors (Lipinski definition) is 6. The quantitative estimate of drug-likeness (QED) is 0.640. The third-order valence-corrected chi connectivity index (χ3v) is 7.14. The minimum Gasteiger partial charge on any atom is -0.463 e. The number of thiophene rings is 1. The van der Waals surface area contributed by atoms with Crippen LogP contribution in [0.3, 0.4) is 0 Å². The van der Waals surface area contributed by atoms with Gasteiger partial charge in [0, 0.05) is 45.0 Å². The molecule has 1 N–H and O–H groups in total. The number of likely N-dealkylation sites (N-methyl/N-ethyl adjacent to an activating group) is 1. The van der Waals surface area contributed by atoms with E-state index in [2.05, 4.69) is 10.2 Å². The molecule has 0 unspecified atom stereocenters. The molecule has 3 amide bonds. The number of nitrogens with one attached hydrogen (secondary N) is 1. The summed E-state index contributed by atoms with van der Waals surface area (Å²) < 4.78 is 5.40. The number of benzene rings is 1. The number of nitrogens with zero attached hydrogens (tertiary/aromatic N) is 3. The number of hydrogen-bond donors (Lipinski definition) is 1. The van der Waals surface area contributed by atoms with Crippen LogP contribution in [0.25, 0.3) is 0 Å². The molecular weight excluding hydrogens is 452 g/mol. The molecule has 8 nitrogen and oxygen atoms in total. The Kier molecular flexibility index (Phi) is 7.33. The maximum absolute atomic E-state index is 13.1. The lowest BCUT2D eigenvalue weighted by molar-refractivity contribution is -0.139. The summed E-state index contributed by atoms with van der Waals surface area (Å²) >= 11 is 1.45. The van der Waals surface area contributed by atoms with E-state index >= 15 is 0 Å². The van der Waals surface area contributed by atoms with Crippen molar-refractivity contribution in [1.29, 1.82) is 0 Å². The first-order valence-electron chi connectivity index (χ1n) is 11.5. The van der Waals surface area contributed by atoms with Gasteiger partial charge in [-0.2, -0.15) is 0 Å². The third-order valence-electron chi connectivity index (χ3n) is 6.28. The van der Waals surface area contributed by atoms with Gasteiger partial charge in [-0.3, -0.25) is 14.6 Å². The second kappa shape index (κ2) is 10.4. The highest BCUT2D eigenvalue weighted by Crippen LogP contribution is 2.31. The highest BCUT2D eigenvalue weighted by molar-refractivity contribution is 7.12. The van der Waals surface area contributed by atoms with E-state index in [1.165, 1.54) is 16.2 Å². The molecule has 0 bridgehead atoms. The van der Waals surface area contributed by atoms with E-state index in [0.29, 0.717) is 37.4 Å². The van der Waals surface area contributed by atoms with E-state index in [1.807, 2.05) is 59.7 Å². The van der Waals surface area contributed by atoms with Crippen molar-refractivity contribution < 1.29 is 19.1 Å². The summed E-state index contributed by atoms with van der Waals surface area (Å²) in [6.45, 7) is 6.32. The minimum absolute atomic E-state index is 0.00244. The molecule has 2 aliphatic rings. The molecule has 0 spiro atoms. The van der Waals surface area contributed by atoms with Gasteiger partial charge >= 0.3 is 12.0 Å². The smallest absolute Gasteiger partial charge is 0.338 e. The monoisotopic (exact) mass is 482 g/mol. The van der Waals surface area contributed by atoms with Crippen LogP contribution >= 0.6 is 11.3 Å². The number of urea groups is 1. The van der Waals surface area contributed by atoms with Crippen molar-refractivity contribution in [3.8, 4) is 0 Å². The highest BCUT2D eigenvalue weighted by Gasteiger charge is 2.38. The van der Waals surface area contributed by atoms with Gasteiger partial charge in [-0.05, 0) is 30.9 Å². The zero-order valence-electron chi connectivity index (χ0n) is 19.7. The zero-order valence-corrected chi connectivity index (χ0v) is 20.5. The average Bonchev–Trinajstić information content (AvgIpc) is 3.37. The Bertz CT molecular complexity index is 1070. The van der Waals surface area contributed by atoms with Crippen LogP contribution in [0.1, 0.15) is 35.1 Å². The van der Waals surface area contributed by atoms with E-state index in [1.54, 1.807) is 14.0 Å². The number of ether oxygens (including phenoxy) is 1. The van der Waals surface area contributed by atoms with Crippen molar-refractivity contribution in [3.63, 3.8) is 0 Å². The van der Waals surface area contributed by atoms with Crippen LogP contribution < -0.4 is 5.32 Å². The van der Waals surface area contributed by atoms with Gasteiger partial charge in [0.15, 0.2) is 0 Å². The van der Waals surface area contributed by atoms with Crippen molar-refractivity contribution in [3.05, 3.63) is 69.6 Å². The number of amides is 3. The van der Waals surface area contributed by atoms with Crippen LogP contribution in [0.2, 0.25) is 0 Å². The first kappa shape index (κ1) is 24.0. The fourth-order valence-electron chi connectivity index (χ4n) is 4.53. The Morgan fingerprint density at radius 1 is 1.15 bits per heavy atom. The topological polar surface area (TPSA) is 82.2 Å². The Morgan fingerprint density at radius 3 is 2.56 bits per heavy atom. The number of carbonyl (C=O) groups is 3. The first-order valence-corrected chi connectivity index (χ1v) is 12.3. The van der Waals surface area contributed by atoms with E-state index in [-0.39, 0.29) is 24.6 Å². The van der Waals surface area contributed by atoms with Gasteiger partial charge < -0.3 is 15.0 Å². The molecule has 0 saturated carbocycles. The summed E-state index contributed by atoms with van der Waals surface area (Å²) in [5, 5.41) is 4.85. The minimum atomic E-state index is -0.585. The fraction of sp³-hybridized carbons (Fsp3) is 0.400. The summed E-state index contributed by atoms with van der Waals surface area (Å²) in [5.74, 6) is -0.385. The molecule has 34 heavy (non-hydrogen) atoms. The molecule has 2 aliphatic heterocycles. The molecule has 1 aromatic heterocycles. The van der Waals surface area contributed by atoms with Gasteiger partial charge in [-0.25, -0.2) is 9.59 Å². The summed E-state index contributed by atoms with van der Waals surface area (Å²) in [7, 11) is 1.67. The number of esters is 1. The summed E-state index contributed by atoms with van der Waals surface area (Å²) in [5.41, 5.74) is 1.89. The van der Waals surface area contributed by atoms with Crippen LogP contribution in [0.5, 0.6) is 0 Å². The SMILES string of the molecule is CCOC(=O)C1=C(CN2CCN(C(=O)c3cccs3)[C@@H](C)C2)N(C)C(=O)N[C@@H]1c1ccccc1.